The van der Waals surface area contributed by atoms with Gasteiger partial charge < -0.3 is 14.6 Å². The largest absolute Gasteiger partial charge is 0.436 e. The summed E-state index contributed by atoms with van der Waals surface area (Å²) in [5.74, 6) is -0.0251. The lowest BCUT2D eigenvalue weighted by atomic mass is 10.1. The summed E-state index contributed by atoms with van der Waals surface area (Å²) in [5.41, 5.74) is 3.35. The summed E-state index contributed by atoms with van der Waals surface area (Å²) >= 11 is 5.30. The average Bonchev–Trinajstić information content (AvgIpc) is 3.33. The van der Waals surface area contributed by atoms with Crippen molar-refractivity contribution in [1.29, 1.82) is 0 Å². The fourth-order valence-corrected chi connectivity index (χ4v) is 4.47. The third kappa shape index (κ3) is 5.03. The van der Waals surface area contributed by atoms with Crippen LogP contribution in [0, 0.1) is 10.1 Å². The number of nitro groups is 1. The van der Waals surface area contributed by atoms with Crippen molar-refractivity contribution in [3.05, 3.63) is 82.4 Å². The van der Waals surface area contributed by atoms with E-state index in [-0.39, 0.29) is 16.4 Å². The van der Waals surface area contributed by atoms with E-state index in [2.05, 4.69) is 15.6 Å². The third-order valence-electron chi connectivity index (χ3n) is 6.02. The zero-order valence-corrected chi connectivity index (χ0v) is 20.1. The predicted octanol–water partition coefficient (Wildman–Crippen LogP) is 5.52. The Kier molecular flexibility index (Phi) is 6.59. The maximum Gasteiger partial charge on any atom is 0.293 e. The molecule has 1 aliphatic heterocycles. The summed E-state index contributed by atoms with van der Waals surface area (Å²) in [6.45, 7) is 1.53. The summed E-state index contributed by atoms with van der Waals surface area (Å²) in [4.78, 5) is 30.6. The van der Waals surface area contributed by atoms with Crippen LogP contribution in [0.4, 0.5) is 17.1 Å². The second-order valence-corrected chi connectivity index (χ2v) is 8.89. The minimum atomic E-state index is -0.533. The molecule has 1 fully saturated rings. The molecule has 0 saturated carbocycles. The number of oxazole rings is 1. The molecule has 2 N–H and O–H groups in total. The first kappa shape index (κ1) is 23.4. The zero-order chi connectivity index (χ0) is 25.1. The number of nitro benzene ring substituents is 1. The molecule has 0 unspecified atom stereocenters. The summed E-state index contributed by atoms with van der Waals surface area (Å²) in [6.07, 6.45) is 3.10. The number of anilines is 2. The number of carbonyl (C=O) groups is 1. The Bertz CT molecular complexity index is 1450. The number of hydrogen-bond acceptors (Lipinski definition) is 7. The molecule has 5 rings (SSSR count). The molecule has 0 spiro atoms. The van der Waals surface area contributed by atoms with E-state index >= 15 is 0 Å². The monoisotopic (exact) mass is 501 g/mol. The molecule has 1 aromatic heterocycles. The summed E-state index contributed by atoms with van der Waals surface area (Å²) < 4.78 is 5.82. The van der Waals surface area contributed by atoms with Gasteiger partial charge in [0.25, 0.3) is 11.6 Å². The van der Waals surface area contributed by atoms with Crippen LogP contribution in [0.15, 0.2) is 71.1 Å². The Balaban J connectivity index is 1.28. The fourth-order valence-electron chi connectivity index (χ4n) is 4.26. The van der Waals surface area contributed by atoms with Gasteiger partial charge in [0.05, 0.1) is 4.92 Å². The fraction of sp³-hybridized carbons (Fsp3) is 0.192. The molecule has 182 valence electrons. The number of amides is 1. The molecular weight excluding hydrogens is 478 g/mol. The second kappa shape index (κ2) is 10.1. The smallest absolute Gasteiger partial charge is 0.293 e. The van der Waals surface area contributed by atoms with Crippen molar-refractivity contribution >= 4 is 51.4 Å². The van der Waals surface area contributed by atoms with Gasteiger partial charge in [0, 0.05) is 36.0 Å². The SMILES string of the molecule is O=C(NC(=S)Nc1ccc2oc(-c3ccccc3)nc2c1)c1ccc(N2CCCCC2)c([N+](=O)[O-])c1. The van der Waals surface area contributed by atoms with E-state index in [1.165, 1.54) is 6.07 Å². The molecule has 0 radical (unpaired) electrons. The number of piperidine rings is 1. The molecule has 1 saturated heterocycles. The van der Waals surface area contributed by atoms with Crippen molar-refractivity contribution < 1.29 is 14.1 Å². The number of thiocarbonyl (C=S) groups is 1. The summed E-state index contributed by atoms with van der Waals surface area (Å²) in [6, 6.07) is 19.4. The quantitative estimate of drug-likeness (QED) is 0.209. The first-order valence-electron chi connectivity index (χ1n) is 11.6. The van der Waals surface area contributed by atoms with Gasteiger partial charge in [-0.15, -0.1) is 0 Å². The molecule has 1 amide bonds. The molecule has 3 aromatic carbocycles. The van der Waals surface area contributed by atoms with Gasteiger partial charge in [0.15, 0.2) is 10.7 Å². The topological polar surface area (TPSA) is 114 Å². The molecule has 0 bridgehead atoms. The van der Waals surface area contributed by atoms with Gasteiger partial charge >= 0.3 is 0 Å². The normalized spacial score (nSPS) is 13.4. The van der Waals surface area contributed by atoms with Crippen LogP contribution in [0.3, 0.4) is 0 Å². The summed E-state index contributed by atoms with van der Waals surface area (Å²) in [5, 5.41) is 17.3. The van der Waals surface area contributed by atoms with Gasteiger partial charge in [-0.1, -0.05) is 18.2 Å². The number of hydrogen-bond donors (Lipinski definition) is 2. The third-order valence-corrected chi connectivity index (χ3v) is 6.23. The highest BCUT2D eigenvalue weighted by Crippen LogP contribution is 2.31. The number of benzene rings is 3. The van der Waals surface area contributed by atoms with Gasteiger partial charge in [-0.2, -0.15) is 0 Å². The maximum absolute atomic E-state index is 12.8. The molecule has 0 aliphatic carbocycles. The van der Waals surface area contributed by atoms with Gasteiger partial charge in [0.1, 0.15) is 11.2 Å². The van der Waals surface area contributed by atoms with Crippen molar-refractivity contribution in [1.82, 2.24) is 10.3 Å². The molecule has 1 aliphatic rings. The van der Waals surface area contributed by atoms with Crippen molar-refractivity contribution in [2.75, 3.05) is 23.3 Å². The van der Waals surface area contributed by atoms with Gasteiger partial charge in [-0.3, -0.25) is 20.2 Å². The van der Waals surface area contributed by atoms with E-state index in [4.69, 9.17) is 16.6 Å². The van der Waals surface area contributed by atoms with Crippen molar-refractivity contribution in [2.24, 2.45) is 0 Å². The Morgan fingerprint density at radius 2 is 1.81 bits per heavy atom. The van der Waals surface area contributed by atoms with Crippen molar-refractivity contribution in [2.45, 2.75) is 19.3 Å². The lowest BCUT2D eigenvalue weighted by molar-refractivity contribution is -0.384. The predicted molar refractivity (Wildman–Crippen MR) is 142 cm³/mol. The van der Waals surface area contributed by atoms with Crippen LogP contribution >= 0.6 is 12.2 Å². The van der Waals surface area contributed by atoms with Crippen LogP contribution < -0.4 is 15.5 Å². The Hall–Kier alpha value is -4.31. The first-order valence-corrected chi connectivity index (χ1v) is 12.0. The minimum absolute atomic E-state index is 0.0638. The van der Waals surface area contributed by atoms with Crippen LogP contribution in [-0.4, -0.2) is 34.0 Å². The lowest BCUT2D eigenvalue weighted by Gasteiger charge is -2.28. The number of aromatic nitrogens is 1. The molecular formula is C26H23N5O4S. The molecule has 4 aromatic rings. The molecule has 0 atom stereocenters. The van der Waals surface area contributed by atoms with Gasteiger partial charge in [-0.25, -0.2) is 4.98 Å². The number of nitrogens with one attached hydrogen (secondary N) is 2. The van der Waals surface area contributed by atoms with E-state index in [1.807, 2.05) is 35.2 Å². The van der Waals surface area contributed by atoms with Crippen molar-refractivity contribution in [3.8, 4) is 11.5 Å². The highest BCUT2D eigenvalue weighted by molar-refractivity contribution is 7.80. The van der Waals surface area contributed by atoms with Crippen LogP contribution in [0.25, 0.3) is 22.6 Å². The highest BCUT2D eigenvalue weighted by Gasteiger charge is 2.23. The molecule has 2 heterocycles. The summed E-state index contributed by atoms with van der Waals surface area (Å²) in [7, 11) is 0. The van der Waals surface area contributed by atoms with Crippen LogP contribution in [0.5, 0.6) is 0 Å². The van der Waals surface area contributed by atoms with Gasteiger partial charge in [0.2, 0.25) is 5.89 Å². The Labute approximate surface area is 212 Å². The first-order chi connectivity index (χ1) is 17.5. The van der Waals surface area contributed by atoms with E-state index in [0.29, 0.717) is 28.4 Å². The number of fused-ring (bicyclic) bond motifs is 1. The number of nitrogens with zero attached hydrogens (tertiary/aromatic N) is 3. The number of carbonyl (C=O) groups excluding carboxylic acids is 1. The molecule has 9 nitrogen and oxygen atoms in total. The number of rotatable bonds is 5. The van der Waals surface area contributed by atoms with E-state index in [1.54, 1.807) is 30.3 Å². The molecule has 36 heavy (non-hydrogen) atoms. The van der Waals surface area contributed by atoms with E-state index in [0.717, 1.165) is 37.9 Å². The second-order valence-electron chi connectivity index (χ2n) is 8.48. The standard InChI is InChI=1S/C26H23N5O4S/c32-24(18-9-11-21(22(15-18)31(33)34)30-13-5-2-6-14-30)29-26(36)27-19-10-12-23-20(16-19)28-25(35-23)17-7-3-1-4-8-17/h1,3-4,7-12,15-16H,2,5-6,13-14H2,(H2,27,29,32,36). The van der Waals surface area contributed by atoms with Gasteiger partial charge in [-0.05, 0) is 73.9 Å². The molecule has 10 heteroatoms. The Morgan fingerprint density at radius 1 is 1.03 bits per heavy atom. The lowest BCUT2D eigenvalue weighted by Crippen LogP contribution is -2.34. The van der Waals surface area contributed by atoms with Crippen LogP contribution in [-0.2, 0) is 0 Å². The average molecular weight is 502 g/mol. The van der Waals surface area contributed by atoms with Crippen LogP contribution in [0.2, 0.25) is 0 Å². The van der Waals surface area contributed by atoms with E-state index < -0.39 is 10.8 Å². The Morgan fingerprint density at radius 3 is 2.56 bits per heavy atom. The highest BCUT2D eigenvalue weighted by atomic mass is 32.1. The minimum Gasteiger partial charge on any atom is -0.436 e. The maximum atomic E-state index is 12.8. The zero-order valence-electron chi connectivity index (χ0n) is 19.3. The van der Waals surface area contributed by atoms with Crippen LogP contribution in [0.1, 0.15) is 29.6 Å². The van der Waals surface area contributed by atoms with E-state index in [9.17, 15) is 14.9 Å². The van der Waals surface area contributed by atoms with Crippen molar-refractivity contribution in [3.63, 3.8) is 0 Å².